The fourth-order valence-corrected chi connectivity index (χ4v) is 1.56. The van der Waals surface area contributed by atoms with E-state index in [-0.39, 0.29) is 17.8 Å². The van der Waals surface area contributed by atoms with Gasteiger partial charge in [0.15, 0.2) is 0 Å². The summed E-state index contributed by atoms with van der Waals surface area (Å²) in [6, 6.07) is -0.00455. The second-order valence-electron chi connectivity index (χ2n) is 3.92. The number of nitrogens with two attached hydrogens (primary N) is 1. The molecule has 0 aliphatic rings. The van der Waals surface area contributed by atoms with E-state index in [2.05, 4.69) is 5.16 Å². The number of carbonyl (C=O) groups excluding carboxylic acids is 1. The first kappa shape index (κ1) is 15.5. The molecule has 17 heavy (non-hydrogen) atoms. The fraction of sp³-hybridized carbons (Fsp3) is 0.818. The summed E-state index contributed by atoms with van der Waals surface area (Å²) in [7, 11) is 0. The molecule has 1 unspecified atom stereocenters. The van der Waals surface area contributed by atoms with Gasteiger partial charge in [-0.05, 0) is 20.8 Å². The smallest absolute Gasteiger partial charge is 0.319 e. The van der Waals surface area contributed by atoms with Gasteiger partial charge in [0, 0.05) is 32.1 Å². The van der Waals surface area contributed by atoms with E-state index in [0.717, 1.165) is 0 Å². The molecule has 3 N–H and O–H groups in total. The van der Waals surface area contributed by atoms with Crippen LogP contribution in [0, 0.1) is 5.92 Å². The standard InChI is InChI=1S/C11H24N4O2/c1-5-14(6-2)11(16)15(7-3)8-9(4)10(12)13-17/h9,17H,5-8H2,1-4H3,(H2,12,13). The molecular weight excluding hydrogens is 220 g/mol. The molecule has 0 radical (unpaired) electrons. The highest BCUT2D eigenvalue weighted by Crippen LogP contribution is 2.04. The molecule has 0 aromatic carbocycles. The normalized spacial score (nSPS) is 13.3. The molecule has 1 atom stereocenters. The summed E-state index contributed by atoms with van der Waals surface area (Å²) in [5, 5.41) is 11.5. The molecule has 0 aliphatic heterocycles. The Morgan fingerprint density at radius 3 is 2.06 bits per heavy atom. The molecule has 0 saturated heterocycles. The van der Waals surface area contributed by atoms with Gasteiger partial charge in [0.2, 0.25) is 0 Å². The molecule has 6 heteroatoms. The summed E-state index contributed by atoms with van der Waals surface area (Å²) < 4.78 is 0. The SMILES string of the molecule is CCN(CC)C(=O)N(CC)CC(C)C(N)=NO. The number of hydrogen-bond donors (Lipinski definition) is 2. The lowest BCUT2D eigenvalue weighted by Crippen LogP contribution is -2.46. The number of oxime groups is 1. The maximum absolute atomic E-state index is 12.1. The van der Waals surface area contributed by atoms with Crippen LogP contribution in [-0.4, -0.2) is 53.1 Å². The van der Waals surface area contributed by atoms with E-state index in [1.54, 1.807) is 9.80 Å². The van der Waals surface area contributed by atoms with Crippen LogP contribution >= 0.6 is 0 Å². The average molecular weight is 244 g/mol. The number of amides is 2. The molecule has 2 amide bonds. The number of urea groups is 1. The number of rotatable bonds is 6. The first-order chi connectivity index (χ1) is 8.01. The minimum atomic E-state index is -0.153. The predicted molar refractivity (Wildman–Crippen MR) is 68.1 cm³/mol. The Balaban J connectivity index is 4.57. The predicted octanol–water partition coefficient (Wildman–Crippen LogP) is 1.15. The molecule has 0 aromatic rings. The van der Waals surface area contributed by atoms with Gasteiger partial charge in [-0.3, -0.25) is 0 Å². The summed E-state index contributed by atoms with van der Waals surface area (Å²) >= 11 is 0. The largest absolute Gasteiger partial charge is 0.409 e. The minimum Gasteiger partial charge on any atom is -0.409 e. The Kier molecular flexibility index (Phi) is 7.09. The van der Waals surface area contributed by atoms with Crippen LogP contribution < -0.4 is 5.73 Å². The van der Waals surface area contributed by atoms with Crippen LogP contribution in [0.25, 0.3) is 0 Å². The van der Waals surface area contributed by atoms with Crippen molar-refractivity contribution in [1.82, 2.24) is 9.80 Å². The van der Waals surface area contributed by atoms with Gasteiger partial charge in [-0.2, -0.15) is 0 Å². The second kappa shape index (κ2) is 7.76. The van der Waals surface area contributed by atoms with Gasteiger partial charge in [-0.25, -0.2) is 4.79 Å². The van der Waals surface area contributed by atoms with Crippen molar-refractivity contribution < 1.29 is 10.0 Å². The second-order valence-corrected chi connectivity index (χ2v) is 3.92. The Morgan fingerprint density at radius 2 is 1.71 bits per heavy atom. The molecule has 0 saturated carbocycles. The molecular formula is C11H24N4O2. The van der Waals surface area contributed by atoms with Crippen LogP contribution in [0.1, 0.15) is 27.7 Å². The third-order valence-electron chi connectivity index (χ3n) is 2.80. The van der Waals surface area contributed by atoms with Crippen LogP contribution in [-0.2, 0) is 0 Å². The van der Waals surface area contributed by atoms with Crippen LogP contribution in [0.5, 0.6) is 0 Å². The number of hydrogen-bond acceptors (Lipinski definition) is 3. The first-order valence-corrected chi connectivity index (χ1v) is 6.02. The van der Waals surface area contributed by atoms with Gasteiger partial charge in [0.05, 0.1) is 0 Å². The highest BCUT2D eigenvalue weighted by atomic mass is 16.4. The van der Waals surface area contributed by atoms with Gasteiger partial charge in [0.25, 0.3) is 0 Å². The van der Waals surface area contributed by atoms with E-state index in [1.807, 2.05) is 27.7 Å². The molecule has 0 aliphatic carbocycles. The molecule has 0 fully saturated rings. The van der Waals surface area contributed by atoms with Crippen LogP contribution in [0.2, 0.25) is 0 Å². The Morgan fingerprint density at radius 1 is 1.24 bits per heavy atom. The lowest BCUT2D eigenvalue weighted by molar-refractivity contribution is 0.156. The number of amidine groups is 1. The van der Waals surface area contributed by atoms with Gasteiger partial charge >= 0.3 is 6.03 Å². The fourth-order valence-electron chi connectivity index (χ4n) is 1.56. The van der Waals surface area contributed by atoms with Crippen molar-refractivity contribution in [3.05, 3.63) is 0 Å². The molecule has 6 nitrogen and oxygen atoms in total. The van der Waals surface area contributed by atoms with Crippen molar-refractivity contribution in [1.29, 1.82) is 0 Å². The number of nitrogens with zero attached hydrogens (tertiary/aromatic N) is 3. The topological polar surface area (TPSA) is 82.2 Å². The van der Waals surface area contributed by atoms with Gasteiger partial charge in [0.1, 0.15) is 5.84 Å². The summed E-state index contributed by atoms with van der Waals surface area (Å²) in [6.45, 7) is 10.1. The summed E-state index contributed by atoms with van der Waals surface area (Å²) in [4.78, 5) is 15.5. The van der Waals surface area contributed by atoms with Crippen LogP contribution in [0.15, 0.2) is 5.16 Å². The van der Waals surface area contributed by atoms with Crippen molar-refractivity contribution in [2.75, 3.05) is 26.2 Å². The van der Waals surface area contributed by atoms with E-state index in [4.69, 9.17) is 10.9 Å². The van der Waals surface area contributed by atoms with E-state index in [1.165, 1.54) is 0 Å². The Labute approximate surface area is 103 Å². The van der Waals surface area contributed by atoms with E-state index >= 15 is 0 Å². The molecule has 0 bridgehead atoms. The number of carbonyl (C=O) groups is 1. The summed E-state index contributed by atoms with van der Waals surface area (Å²) in [6.07, 6.45) is 0. The maximum Gasteiger partial charge on any atom is 0.319 e. The van der Waals surface area contributed by atoms with Crippen molar-refractivity contribution in [3.63, 3.8) is 0 Å². The quantitative estimate of drug-likeness (QED) is 0.318. The zero-order valence-electron chi connectivity index (χ0n) is 11.2. The summed E-state index contributed by atoms with van der Waals surface area (Å²) in [5.41, 5.74) is 5.51. The Bertz CT molecular complexity index is 264. The van der Waals surface area contributed by atoms with Crippen molar-refractivity contribution in [2.24, 2.45) is 16.8 Å². The monoisotopic (exact) mass is 244 g/mol. The molecule has 100 valence electrons. The molecule has 0 heterocycles. The lowest BCUT2D eigenvalue weighted by Gasteiger charge is -2.30. The average Bonchev–Trinajstić information content (AvgIpc) is 2.35. The maximum atomic E-state index is 12.1. The zero-order valence-corrected chi connectivity index (χ0v) is 11.2. The van der Waals surface area contributed by atoms with E-state index < -0.39 is 0 Å². The van der Waals surface area contributed by atoms with Gasteiger partial charge in [-0.1, -0.05) is 12.1 Å². The molecule has 0 aromatic heterocycles. The molecule has 0 spiro atoms. The third-order valence-corrected chi connectivity index (χ3v) is 2.80. The highest BCUT2D eigenvalue weighted by Gasteiger charge is 2.20. The first-order valence-electron chi connectivity index (χ1n) is 6.02. The third kappa shape index (κ3) is 4.50. The van der Waals surface area contributed by atoms with Crippen molar-refractivity contribution in [2.45, 2.75) is 27.7 Å². The van der Waals surface area contributed by atoms with Crippen molar-refractivity contribution >= 4 is 11.9 Å². The van der Waals surface area contributed by atoms with Crippen LogP contribution in [0.3, 0.4) is 0 Å². The zero-order chi connectivity index (χ0) is 13.4. The Hall–Kier alpha value is -1.46. The lowest BCUT2D eigenvalue weighted by atomic mass is 10.1. The van der Waals surface area contributed by atoms with E-state index in [9.17, 15) is 4.79 Å². The molecule has 0 rings (SSSR count). The van der Waals surface area contributed by atoms with Crippen LogP contribution in [0.4, 0.5) is 4.79 Å². The minimum absolute atomic E-state index is 0.00455. The summed E-state index contributed by atoms with van der Waals surface area (Å²) in [5.74, 6) is -0.00439. The van der Waals surface area contributed by atoms with Gasteiger partial charge < -0.3 is 20.7 Å². The van der Waals surface area contributed by atoms with E-state index in [0.29, 0.717) is 26.2 Å². The van der Waals surface area contributed by atoms with Crippen molar-refractivity contribution in [3.8, 4) is 0 Å². The van der Waals surface area contributed by atoms with Gasteiger partial charge in [-0.15, -0.1) is 0 Å². The highest BCUT2D eigenvalue weighted by molar-refractivity contribution is 5.83.